The Bertz CT molecular complexity index is 338. The minimum Gasteiger partial charge on any atom is -0.379 e. The summed E-state index contributed by atoms with van der Waals surface area (Å²) in [6.07, 6.45) is 1.71. The number of rotatable bonds is 2. The van der Waals surface area contributed by atoms with Crippen molar-refractivity contribution >= 4 is 17.7 Å². The highest BCUT2D eigenvalue weighted by Crippen LogP contribution is 2.06. The van der Waals surface area contributed by atoms with E-state index in [0.717, 1.165) is 12.8 Å². The molecule has 0 unspecified atom stereocenters. The van der Waals surface area contributed by atoms with Crippen LogP contribution in [0.4, 0.5) is 0 Å². The average molecular weight is 241 g/mol. The maximum absolute atomic E-state index is 11.8. The molecule has 0 bridgehead atoms. The predicted molar refractivity (Wildman–Crippen MR) is 56.9 cm³/mol. The lowest BCUT2D eigenvalue weighted by atomic mass is 10.1. The van der Waals surface area contributed by atoms with Gasteiger partial charge in [-0.25, -0.2) is 0 Å². The molecule has 0 aromatic carbocycles. The zero-order valence-corrected chi connectivity index (χ0v) is 9.32. The zero-order chi connectivity index (χ0) is 12.3. The molecule has 2 fully saturated rings. The molecule has 0 radical (unpaired) electrons. The molecule has 0 aliphatic carbocycles. The van der Waals surface area contributed by atoms with Crippen LogP contribution in [0.1, 0.15) is 12.8 Å². The summed E-state index contributed by atoms with van der Waals surface area (Å²) in [5.74, 6) is -1.31. The van der Waals surface area contributed by atoms with Gasteiger partial charge < -0.3 is 20.7 Å². The van der Waals surface area contributed by atoms with Crippen molar-refractivity contribution in [1.82, 2.24) is 16.0 Å². The van der Waals surface area contributed by atoms with Gasteiger partial charge in [0, 0.05) is 6.61 Å². The van der Waals surface area contributed by atoms with E-state index in [0.29, 0.717) is 13.2 Å². The fraction of sp³-hybridized carbons (Fsp3) is 0.700. The largest absolute Gasteiger partial charge is 0.379 e. The van der Waals surface area contributed by atoms with Crippen molar-refractivity contribution in [3.8, 4) is 0 Å². The van der Waals surface area contributed by atoms with Crippen molar-refractivity contribution < 1.29 is 19.1 Å². The lowest BCUT2D eigenvalue weighted by molar-refractivity contribution is -0.140. The standard InChI is InChI=1S/C10H15N3O4/c14-7-4-11-9(15)8(13-7)10(16)12-6-2-1-3-17-5-6/h6,8H,1-5H2,(H,11,15)(H,12,16)(H,13,14)/t6-,8+/m0/s1. The average Bonchev–Trinajstić information content (AvgIpc) is 2.33. The molecule has 2 heterocycles. The third kappa shape index (κ3) is 2.94. The van der Waals surface area contributed by atoms with E-state index in [-0.39, 0.29) is 18.5 Å². The van der Waals surface area contributed by atoms with E-state index in [1.54, 1.807) is 0 Å². The van der Waals surface area contributed by atoms with E-state index in [9.17, 15) is 14.4 Å². The normalized spacial score (nSPS) is 29.2. The number of ether oxygens (including phenoxy) is 1. The second-order valence-corrected chi connectivity index (χ2v) is 4.14. The van der Waals surface area contributed by atoms with Crippen molar-refractivity contribution in [3.05, 3.63) is 0 Å². The summed E-state index contributed by atoms with van der Waals surface area (Å²) in [5, 5.41) is 7.41. The van der Waals surface area contributed by atoms with Gasteiger partial charge in [0.1, 0.15) is 0 Å². The number of nitrogens with one attached hydrogen (secondary N) is 3. The lowest BCUT2D eigenvalue weighted by Crippen LogP contribution is -2.63. The topological polar surface area (TPSA) is 96.5 Å². The van der Waals surface area contributed by atoms with Gasteiger partial charge in [0.2, 0.25) is 5.91 Å². The van der Waals surface area contributed by atoms with Gasteiger partial charge in [-0.05, 0) is 12.8 Å². The molecule has 2 aliphatic rings. The Morgan fingerprint density at radius 1 is 1.41 bits per heavy atom. The first-order chi connectivity index (χ1) is 8.16. The first kappa shape index (κ1) is 11.8. The van der Waals surface area contributed by atoms with Gasteiger partial charge in [-0.2, -0.15) is 0 Å². The summed E-state index contributed by atoms with van der Waals surface area (Å²) < 4.78 is 5.22. The second-order valence-electron chi connectivity index (χ2n) is 4.14. The first-order valence-electron chi connectivity index (χ1n) is 5.62. The van der Waals surface area contributed by atoms with Crippen molar-refractivity contribution in [1.29, 1.82) is 0 Å². The second kappa shape index (κ2) is 5.13. The Morgan fingerprint density at radius 2 is 2.24 bits per heavy atom. The molecule has 0 aromatic heterocycles. The van der Waals surface area contributed by atoms with Gasteiger partial charge in [-0.3, -0.25) is 14.4 Å². The summed E-state index contributed by atoms with van der Waals surface area (Å²) >= 11 is 0. The minimum absolute atomic E-state index is 0.0743. The monoisotopic (exact) mass is 241 g/mol. The Balaban J connectivity index is 1.89. The van der Waals surface area contributed by atoms with Crippen molar-refractivity contribution in [3.63, 3.8) is 0 Å². The third-order valence-corrected chi connectivity index (χ3v) is 2.76. The maximum Gasteiger partial charge on any atom is 0.252 e. The number of amides is 3. The van der Waals surface area contributed by atoms with E-state index in [1.165, 1.54) is 0 Å². The molecule has 3 N–H and O–H groups in total. The fourth-order valence-electron chi connectivity index (χ4n) is 1.87. The molecule has 2 rings (SSSR count). The highest BCUT2D eigenvalue weighted by molar-refractivity contribution is 6.09. The molecule has 0 aromatic rings. The van der Waals surface area contributed by atoms with E-state index >= 15 is 0 Å². The van der Waals surface area contributed by atoms with Gasteiger partial charge in [0.05, 0.1) is 19.2 Å². The summed E-state index contributed by atoms with van der Waals surface area (Å²) in [4.78, 5) is 34.3. The number of carbonyl (C=O) groups excluding carboxylic acids is 3. The van der Waals surface area contributed by atoms with Crippen LogP contribution in [0.3, 0.4) is 0 Å². The fourth-order valence-corrected chi connectivity index (χ4v) is 1.87. The number of hydrogen-bond acceptors (Lipinski definition) is 4. The molecule has 3 amide bonds. The first-order valence-corrected chi connectivity index (χ1v) is 5.62. The number of hydrogen-bond donors (Lipinski definition) is 3. The molecule has 7 heteroatoms. The molecule has 0 spiro atoms. The number of piperazine rings is 1. The van der Waals surface area contributed by atoms with Crippen LogP contribution in [0, 0.1) is 0 Å². The SMILES string of the molecule is O=C1CNC(=O)[C@H](C(=O)N[C@H]2CCCOC2)N1. The van der Waals surface area contributed by atoms with E-state index < -0.39 is 17.9 Å². The Hall–Kier alpha value is -1.63. The maximum atomic E-state index is 11.8. The molecular weight excluding hydrogens is 226 g/mol. The summed E-state index contributed by atoms with van der Waals surface area (Å²) in [6, 6.07) is -1.21. The molecular formula is C10H15N3O4. The number of carbonyl (C=O) groups is 3. The molecule has 2 saturated heterocycles. The highest BCUT2D eigenvalue weighted by Gasteiger charge is 2.33. The van der Waals surface area contributed by atoms with Gasteiger partial charge in [0.15, 0.2) is 6.04 Å². The van der Waals surface area contributed by atoms with Gasteiger partial charge in [-0.15, -0.1) is 0 Å². The molecule has 2 atom stereocenters. The smallest absolute Gasteiger partial charge is 0.252 e. The minimum atomic E-state index is -1.13. The van der Waals surface area contributed by atoms with Crippen LogP contribution >= 0.6 is 0 Å². The van der Waals surface area contributed by atoms with E-state index in [4.69, 9.17) is 4.74 Å². The van der Waals surface area contributed by atoms with Crippen LogP contribution in [-0.4, -0.2) is 49.6 Å². The predicted octanol–water partition coefficient (Wildman–Crippen LogP) is -2.10. The van der Waals surface area contributed by atoms with Gasteiger partial charge in [-0.1, -0.05) is 0 Å². The third-order valence-electron chi connectivity index (χ3n) is 2.76. The Labute approximate surface area is 98.3 Å². The zero-order valence-electron chi connectivity index (χ0n) is 9.32. The Morgan fingerprint density at radius 3 is 2.94 bits per heavy atom. The molecule has 94 valence electrons. The van der Waals surface area contributed by atoms with Crippen molar-refractivity contribution in [2.24, 2.45) is 0 Å². The molecule has 2 aliphatic heterocycles. The quantitative estimate of drug-likeness (QED) is 0.482. The van der Waals surface area contributed by atoms with Crippen LogP contribution < -0.4 is 16.0 Å². The lowest BCUT2D eigenvalue weighted by Gasteiger charge is -2.27. The van der Waals surface area contributed by atoms with Gasteiger partial charge >= 0.3 is 0 Å². The van der Waals surface area contributed by atoms with Crippen LogP contribution in [0.25, 0.3) is 0 Å². The highest BCUT2D eigenvalue weighted by atomic mass is 16.5. The Kier molecular flexibility index (Phi) is 3.58. The summed E-state index contributed by atoms with van der Waals surface area (Å²) in [7, 11) is 0. The van der Waals surface area contributed by atoms with Crippen molar-refractivity contribution in [2.75, 3.05) is 19.8 Å². The van der Waals surface area contributed by atoms with E-state index in [2.05, 4.69) is 16.0 Å². The van der Waals surface area contributed by atoms with Gasteiger partial charge in [0.25, 0.3) is 11.8 Å². The van der Waals surface area contributed by atoms with Crippen LogP contribution in [0.2, 0.25) is 0 Å². The molecule has 0 saturated carbocycles. The van der Waals surface area contributed by atoms with Crippen LogP contribution in [-0.2, 0) is 19.1 Å². The van der Waals surface area contributed by atoms with Crippen molar-refractivity contribution in [2.45, 2.75) is 24.9 Å². The van der Waals surface area contributed by atoms with Crippen LogP contribution in [0.5, 0.6) is 0 Å². The summed E-state index contributed by atoms with van der Waals surface area (Å²) in [6.45, 7) is 1.08. The summed E-state index contributed by atoms with van der Waals surface area (Å²) in [5.41, 5.74) is 0. The van der Waals surface area contributed by atoms with Crippen LogP contribution in [0.15, 0.2) is 0 Å². The molecule has 7 nitrogen and oxygen atoms in total. The van der Waals surface area contributed by atoms with E-state index in [1.807, 2.05) is 0 Å². The molecule has 17 heavy (non-hydrogen) atoms.